The molecule has 0 saturated carbocycles. The lowest BCUT2D eigenvalue weighted by atomic mass is 10.1. The van der Waals surface area contributed by atoms with Gasteiger partial charge in [0, 0.05) is 18.2 Å². The largest absolute Gasteiger partial charge is 0.573 e. The molecule has 0 spiro atoms. The molecule has 0 aliphatic carbocycles. The summed E-state index contributed by atoms with van der Waals surface area (Å²) < 4.78 is 60.2. The average Bonchev–Trinajstić information content (AvgIpc) is 2.67. The second-order valence-corrected chi connectivity index (χ2v) is 6.64. The summed E-state index contributed by atoms with van der Waals surface area (Å²) in [5, 5.41) is 4.79. The molecule has 0 saturated heterocycles. The Balaban J connectivity index is 1.90. The molecular weight excluding hydrogens is 469 g/mol. The number of amides is 1. The van der Waals surface area contributed by atoms with Crippen molar-refractivity contribution in [3.05, 3.63) is 75.1 Å². The van der Waals surface area contributed by atoms with E-state index >= 15 is 0 Å². The molecule has 162 valence electrons. The third-order valence-corrected chi connectivity index (χ3v) is 4.34. The van der Waals surface area contributed by atoms with Gasteiger partial charge in [0.05, 0.1) is 32.4 Å². The van der Waals surface area contributed by atoms with E-state index in [4.69, 9.17) is 27.9 Å². The zero-order valence-corrected chi connectivity index (χ0v) is 16.5. The number of nitrogens with zero attached hydrogens (tertiary/aromatic N) is 1. The molecule has 2 N–H and O–H groups in total. The third-order valence-electron chi connectivity index (χ3n) is 3.62. The fourth-order valence-corrected chi connectivity index (χ4v) is 2.64. The maximum Gasteiger partial charge on any atom is 0.573 e. The van der Waals surface area contributed by atoms with Crippen molar-refractivity contribution in [3.63, 3.8) is 0 Å². The number of H-pyrrole nitrogens is 1. The van der Waals surface area contributed by atoms with Crippen molar-refractivity contribution in [3.8, 4) is 17.2 Å². The maximum absolute atomic E-state index is 13.9. The topological polar surface area (TPSA) is 86.3 Å². The van der Waals surface area contributed by atoms with Gasteiger partial charge in [-0.15, -0.1) is 18.3 Å². The van der Waals surface area contributed by atoms with Crippen LogP contribution < -0.4 is 19.3 Å². The zero-order valence-electron chi connectivity index (χ0n) is 15.0. The highest BCUT2D eigenvalue weighted by Crippen LogP contribution is 2.35. The van der Waals surface area contributed by atoms with Gasteiger partial charge in [-0.05, 0) is 18.2 Å². The normalized spacial score (nSPS) is 11.2. The van der Waals surface area contributed by atoms with E-state index in [-0.39, 0.29) is 32.8 Å². The molecule has 13 heteroatoms. The predicted molar refractivity (Wildman–Crippen MR) is 102 cm³/mol. The Kier molecular flexibility index (Phi) is 6.37. The SMILES string of the molecule is O=C(Nc1cc[n+](=O)[nH]c1)c1cc(Cl)c(Cl)cc1Oc1ccc(OC(F)(F)F)c(F)c1. The van der Waals surface area contributed by atoms with Gasteiger partial charge >= 0.3 is 6.36 Å². The second kappa shape index (κ2) is 8.82. The van der Waals surface area contributed by atoms with Crippen LogP contribution in [-0.4, -0.2) is 17.4 Å². The molecule has 7 nitrogen and oxygen atoms in total. The first kappa shape index (κ1) is 22.4. The number of aromatic nitrogens is 2. The molecule has 1 heterocycles. The van der Waals surface area contributed by atoms with Crippen LogP contribution in [0.3, 0.4) is 0 Å². The molecular formula is C18H10Cl2F4N3O4+. The van der Waals surface area contributed by atoms with Gasteiger partial charge < -0.3 is 14.8 Å². The molecule has 2 aromatic carbocycles. The van der Waals surface area contributed by atoms with Crippen molar-refractivity contribution in [1.29, 1.82) is 0 Å². The van der Waals surface area contributed by atoms with E-state index in [9.17, 15) is 27.3 Å². The first-order valence-corrected chi connectivity index (χ1v) is 8.92. The molecule has 0 atom stereocenters. The van der Waals surface area contributed by atoms with Gasteiger partial charge in [0.1, 0.15) is 11.5 Å². The highest BCUT2D eigenvalue weighted by atomic mass is 35.5. The van der Waals surface area contributed by atoms with Gasteiger partial charge in [0.15, 0.2) is 16.1 Å². The molecule has 0 aliphatic rings. The second-order valence-electron chi connectivity index (χ2n) is 5.83. The van der Waals surface area contributed by atoms with Crippen molar-refractivity contribution in [2.45, 2.75) is 6.36 Å². The van der Waals surface area contributed by atoms with Crippen LogP contribution in [0.15, 0.2) is 48.8 Å². The van der Waals surface area contributed by atoms with Gasteiger partial charge in [-0.3, -0.25) is 4.79 Å². The number of nitrogens with one attached hydrogen (secondary N) is 2. The van der Waals surface area contributed by atoms with Crippen LogP contribution in [0.2, 0.25) is 10.0 Å². The Hall–Kier alpha value is -3.31. The van der Waals surface area contributed by atoms with Crippen LogP contribution in [0.1, 0.15) is 10.4 Å². The maximum atomic E-state index is 13.9. The molecule has 0 aliphatic heterocycles. The first-order chi connectivity index (χ1) is 14.5. The molecule has 0 bridgehead atoms. The number of rotatable bonds is 5. The number of halogens is 6. The van der Waals surface area contributed by atoms with E-state index in [0.717, 1.165) is 12.3 Å². The molecule has 0 unspecified atom stereocenters. The number of hydrogen-bond acceptors (Lipinski definition) is 4. The lowest BCUT2D eigenvalue weighted by molar-refractivity contribution is -0.564. The highest BCUT2D eigenvalue weighted by Gasteiger charge is 2.32. The molecule has 31 heavy (non-hydrogen) atoms. The Bertz CT molecular complexity index is 1180. The summed E-state index contributed by atoms with van der Waals surface area (Å²) in [7, 11) is 0. The van der Waals surface area contributed by atoms with Crippen molar-refractivity contribution in [2.24, 2.45) is 0 Å². The number of hydrogen-bond donors (Lipinski definition) is 2. The summed E-state index contributed by atoms with van der Waals surface area (Å²) in [6, 6.07) is 6.05. The molecule has 1 amide bonds. The minimum atomic E-state index is -5.07. The number of anilines is 1. The van der Waals surface area contributed by atoms with Crippen LogP contribution in [0.5, 0.6) is 17.2 Å². The summed E-state index contributed by atoms with van der Waals surface area (Å²) in [5.41, 5.74) is 0.109. The van der Waals surface area contributed by atoms with Gasteiger partial charge in [-0.2, -0.15) is 0 Å². The van der Waals surface area contributed by atoms with Crippen molar-refractivity contribution in [2.75, 3.05) is 5.32 Å². The number of aromatic amines is 1. The third kappa shape index (κ3) is 5.86. The molecule has 0 radical (unpaired) electrons. The van der Waals surface area contributed by atoms with Crippen LogP contribution in [0.4, 0.5) is 23.2 Å². The molecule has 3 rings (SSSR count). The molecule has 1 aromatic heterocycles. The van der Waals surface area contributed by atoms with Crippen molar-refractivity contribution in [1.82, 2.24) is 5.10 Å². The number of alkyl halides is 3. The number of carbonyl (C=O) groups is 1. The zero-order chi connectivity index (χ0) is 22.8. The Morgan fingerprint density at radius 2 is 1.77 bits per heavy atom. The minimum Gasteiger partial charge on any atom is -0.456 e. The minimum absolute atomic E-state index is 0.00570. The highest BCUT2D eigenvalue weighted by molar-refractivity contribution is 6.42. The van der Waals surface area contributed by atoms with E-state index in [1.54, 1.807) is 0 Å². The van der Waals surface area contributed by atoms with E-state index in [1.807, 2.05) is 0 Å². The summed E-state index contributed by atoms with van der Waals surface area (Å²) >= 11 is 11.9. The molecule has 0 fully saturated rings. The predicted octanol–water partition coefficient (Wildman–Crippen LogP) is 5.32. The van der Waals surface area contributed by atoms with Crippen LogP contribution in [0.25, 0.3) is 0 Å². The average molecular weight is 479 g/mol. The number of benzene rings is 2. The van der Waals surface area contributed by atoms with E-state index in [1.165, 1.54) is 24.4 Å². The van der Waals surface area contributed by atoms with Crippen LogP contribution in [-0.2, 0) is 0 Å². The lowest BCUT2D eigenvalue weighted by Gasteiger charge is -2.14. The van der Waals surface area contributed by atoms with Gasteiger partial charge in [0.25, 0.3) is 12.1 Å². The molecule has 3 aromatic rings. The fourth-order valence-electron chi connectivity index (χ4n) is 2.32. The summed E-state index contributed by atoms with van der Waals surface area (Å²) in [5.74, 6) is -3.51. The van der Waals surface area contributed by atoms with Crippen molar-refractivity contribution < 1.29 is 36.4 Å². The summed E-state index contributed by atoms with van der Waals surface area (Å²) in [4.78, 5) is 23.7. The van der Waals surface area contributed by atoms with Gasteiger partial charge in [-0.1, -0.05) is 23.2 Å². The van der Waals surface area contributed by atoms with E-state index < -0.39 is 23.8 Å². The van der Waals surface area contributed by atoms with Crippen molar-refractivity contribution >= 4 is 34.8 Å². The summed E-state index contributed by atoms with van der Waals surface area (Å²) in [6.45, 7) is 0. The van der Waals surface area contributed by atoms with E-state index in [0.29, 0.717) is 16.7 Å². The first-order valence-electron chi connectivity index (χ1n) is 8.16. The lowest BCUT2D eigenvalue weighted by Crippen LogP contribution is -2.19. The quantitative estimate of drug-likeness (QED) is 0.383. The van der Waals surface area contributed by atoms with E-state index in [2.05, 4.69) is 15.2 Å². The smallest absolute Gasteiger partial charge is 0.456 e. The van der Waals surface area contributed by atoms with Crippen LogP contribution >= 0.6 is 23.2 Å². The summed E-state index contributed by atoms with van der Waals surface area (Å²) in [6.07, 6.45) is -2.74. The Labute approximate surface area is 180 Å². The number of carbonyl (C=O) groups excluding carboxylic acids is 1. The van der Waals surface area contributed by atoms with Crippen LogP contribution in [0, 0.1) is 10.7 Å². The number of ether oxygens (including phenoxy) is 2. The standard InChI is InChI=1S/C18H9Cl2F4N3O4/c19-12-6-11(17(28)26-9-3-4-27(29)25-8-9)16(7-13(12)20)30-10-1-2-15(14(21)5-10)31-18(22,23)24/h1-8H,(H-,25,26,28,29)/p+1. The monoisotopic (exact) mass is 478 g/mol. The fraction of sp³-hybridized carbons (Fsp3) is 0.0556. The van der Waals surface area contributed by atoms with Gasteiger partial charge in [0.2, 0.25) is 0 Å². The Morgan fingerprint density at radius 1 is 1.06 bits per heavy atom. The Morgan fingerprint density at radius 3 is 2.39 bits per heavy atom. The van der Waals surface area contributed by atoms with Gasteiger partial charge in [-0.25, -0.2) is 4.39 Å².